The van der Waals surface area contributed by atoms with Gasteiger partial charge in [0.25, 0.3) is 5.91 Å². The summed E-state index contributed by atoms with van der Waals surface area (Å²) in [6.07, 6.45) is 2.44. The molecule has 1 fully saturated rings. The van der Waals surface area contributed by atoms with Crippen molar-refractivity contribution in [3.8, 4) is 10.6 Å². The number of rotatable bonds is 3. The Bertz CT molecular complexity index is 683. The van der Waals surface area contributed by atoms with Gasteiger partial charge in [-0.25, -0.2) is 9.37 Å². The van der Waals surface area contributed by atoms with Crippen LogP contribution >= 0.6 is 36.2 Å². The van der Waals surface area contributed by atoms with Crippen LogP contribution in [0.4, 0.5) is 4.39 Å². The summed E-state index contributed by atoms with van der Waals surface area (Å²) in [6.45, 7) is 3.95. The highest BCUT2D eigenvalue weighted by atomic mass is 35.5. The summed E-state index contributed by atoms with van der Waals surface area (Å²) in [5, 5.41) is 6.90. The van der Waals surface area contributed by atoms with Crippen LogP contribution in [0.2, 0.25) is 0 Å². The van der Waals surface area contributed by atoms with Crippen molar-refractivity contribution in [3.63, 3.8) is 0 Å². The smallest absolute Gasteiger partial charge is 0.263 e. The Morgan fingerprint density at radius 1 is 1.38 bits per heavy atom. The van der Waals surface area contributed by atoms with Gasteiger partial charge in [-0.1, -0.05) is 19.1 Å². The number of amides is 1. The number of nitrogens with zero attached hydrogens (tertiary/aromatic N) is 1. The van der Waals surface area contributed by atoms with E-state index in [1.54, 1.807) is 18.2 Å². The minimum Gasteiger partial charge on any atom is -0.348 e. The van der Waals surface area contributed by atoms with Crippen molar-refractivity contribution in [1.29, 1.82) is 0 Å². The third kappa shape index (κ3) is 4.66. The Labute approximate surface area is 157 Å². The molecule has 1 aromatic carbocycles. The fraction of sp³-hybridized carbons (Fsp3) is 0.375. The maximum atomic E-state index is 13.8. The summed E-state index contributed by atoms with van der Waals surface area (Å²) in [7, 11) is 0. The predicted octanol–water partition coefficient (Wildman–Crippen LogP) is 3.52. The molecular weight excluding hydrogens is 372 g/mol. The number of carbonyl (C=O) groups is 1. The molecule has 1 aliphatic rings. The van der Waals surface area contributed by atoms with Crippen LogP contribution in [0, 0.1) is 11.7 Å². The van der Waals surface area contributed by atoms with E-state index in [9.17, 15) is 9.18 Å². The molecule has 4 nitrogen and oxygen atoms in total. The minimum atomic E-state index is -0.323. The molecule has 8 heteroatoms. The molecule has 1 amide bonds. The number of halogens is 3. The van der Waals surface area contributed by atoms with E-state index in [2.05, 4.69) is 22.5 Å². The quantitative estimate of drug-likeness (QED) is 0.841. The Morgan fingerprint density at radius 2 is 2.12 bits per heavy atom. The van der Waals surface area contributed by atoms with E-state index < -0.39 is 0 Å². The largest absolute Gasteiger partial charge is 0.348 e. The lowest BCUT2D eigenvalue weighted by Gasteiger charge is -2.29. The van der Waals surface area contributed by atoms with Gasteiger partial charge in [-0.3, -0.25) is 4.79 Å². The Balaban J connectivity index is 0.00000144. The van der Waals surface area contributed by atoms with Gasteiger partial charge < -0.3 is 10.6 Å². The van der Waals surface area contributed by atoms with E-state index >= 15 is 0 Å². The zero-order valence-electron chi connectivity index (χ0n) is 13.1. The lowest BCUT2D eigenvalue weighted by Crippen LogP contribution is -2.48. The van der Waals surface area contributed by atoms with Crippen LogP contribution in [-0.4, -0.2) is 30.0 Å². The third-order valence-electron chi connectivity index (χ3n) is 3.94. The fourth-order valence-electron chi connectivity index (χ4n) is 2.61. The molecule has 0 bridgehead atoms. The van der Waals surface area contributed by atoms with E-state index in [-0.39, 0.29) is 42.6 Å². The summed E-state index contributed by atoms with van der Waals surface area (Å²) >= 11 is 1.22. The number of benzene rings is 1. The standard InChI is InChI=1S/C16H18FN3OS.2ClH/c1-10-8-18-7-6-13(10)20-15(21)14-9-19-16(22-14)11-4-2-3-5-12(11)17;;/h2-5,9-10,13,18H,6-8H2,1H3,(H,20,21);2*1H. The van der Waals surface area contributed by atoms with Gasteiger partial charge >= 0.3 is 0 Å². The first kappa shape index (κ1) is 20.8. The molecule has 2 aromatic rings. The first-order chi connectivity index (χ1) is 10.6. The van der Waals surface area contributed by atoms with E-state index in [0.29, 0.717) is 21.4 Å². The molecule has 2 unspecified atom stereocenters. The Morgan fingerprint density at radius 3 is 2.83 bits per heavy atom. The number of carbonyl (C=O) groups excluding carboxylic acids is 1. The zero-order valence-corrected chi connectivity index (χ0v) is 15.6. The number of piperidine rings is 1. The van der Waals surface area contributed by atoms with Crippen LogP contribution in [0.3, 0.4) is 0 Å². The van der Waals surface area contributed by atoms with Crippen LogP contribution in [0.15, 0.2) is 30.5 Å². The maximum absolute atomic E-state index is 13.8. The lowest BCUT2D eigenvalue weighted by atomic mass is 9.95. The number of aromatic nitrogens is 1. The van der Waals surface area contributed by atoms with Crippen molar-refractivity contribution >= 4 is 42.1 Å². The molecule has 24 heavy (non-hydrogen) atoms. The van der Waals surface area contributed by atoms with E-state index in [1.165, 1.54) is 23.6 Å². The summed E-state index contributed by atoms with van der Waals surface area (Å²) in [5.74, 6) is -0.0497. The van der Waals surface area contributed by atoms with Crippen molar-refractivity contribution in [1.82, 2.24) is 15.6 Å². The normalized spacial score (nSPS) is 19.8. The Kier molecular flexibility index (Phi) is 8.09. The topological polar surface area (TPSA) is 54.0 Å². The van der Waals surface area contributed by atoms with Crippen LogP contribution in [0.1, 0.15) is 23.0 Å². The maximum Gasteiger partial charge on any atom is 0.263 e. The lowest BCUT2D eigenvalue weighted by molar-refractivity contribution is 0.0918. The van der Waals surface area contributed by atoms with Gasteiger partial charge in [0, 0.05) is 11.6 Å². The molecule has 0 aliphatic carbocycles. The first-order valence-corrected chi connectivity index (χ1v) is 8.19. The molecular formula is C16H20Cl2FN3OS. The van der Waals surface area contributed by atoms with Gasteiger partial charge in [-0.2, -0.15) is 0 Å². The monoisotopic (exact) mass is 391 g/mol. The van der Waals surface area contributed by atoms with Crippen molar-refractivity contribution < 1.29 is 9.18 Å². The second kappa shape index (κ2) is 9.32. The Hall–Kier alpha value is -1.21. The number of hydrogen-bond acceptors (Lipinski definition) is 4. The van der Waals surface area contributed by atoms with Crippen molar-refractivity contribution in [2.24, 2.45) is 5.92 Å². The number of hydrogen-bond donors (Lipinski definition) is 2. The molecule has 2 atom stereocenters. The molecule has 3 rings (SSSR count). The van der Waals surface area contributed by atoms with Crippen molar-refractivity contribution in [3.05, 3.63) is 41.2 Å². The van der Waals surface area contributed by atoms with Gasteiger partial charge in [-0.15, -0.1) is 36.2 Å². The molecule has 0 spiro atoms. The molecule has 2 N–H and O–H groups in total. The van der Waals surface area contributed by atoms with Gasteiger partial charge in [0.1, 0.15) is 15.7 Å². The summed E-state index contributed by atoms with van der Waals surface area (Å²) in [6, 6.07) is 6.64. The van der Waals surface area contributed by atoms with Gasteiger partial charge in [-0.05, 0) is 37.6 Å². The minimum absolute atomic E-state index is 0. The molecule has 1 aromatic heterocycles. The molecule has 2 heterocycles. The van der Waals surface area contributed by atoms with Crippen LogP contribution < -0.4 is 10.6 Å². The van der Waals surface area contributed by atoms with Crippen LogP contribution in [0.25, 0.3) is 10.6 Å². The van der Waals surface area contributed by atoms with E-state index in [0.717, 1.165) is 19.5 Å². The summed E-state index contributed by atoms with van der Waals surface area (Å²) in [5.41, 5.74) is 0.432. The molecule has 0 saturated carbocycles. The third-order valence-corrected chi connectivity index (χ3v) is 4.96. The van der Waals surface area contributed by atoms with E-state index in [4.69, 9.17) is 0 Å². The number of nitrogens with one attached hydrogen (secondary N) is 2. The zero-order chi connectivity index (χ0) is 15.5. The molecule has 0 radical (unpaired) electrons. The van der Waals surface area contributed by atoms with E-state index in [1.807, 2.05) is 0 Å². The summed E-state index contributed by atoms with van der Waals surface area (Å²) in [4.78, 5) is 17.0. The predicted molar refractivity (Wildman–Crippen MR) is 99.9 cm³/mol. The summed E-state index contributed by atoms with van der Waals surface area (Å²) < 4.78 is 13.8. The van der Waals surface area contributed by atoms with Crippen LogP contribution in [-0.2, 0) is 0 Å². The van der Waals surface area contributed by atoms with Crippen molar-refractivity contribution in [2.75, 3.05) is 13.1 Å². The average Bonchev–Trinajstić information content (AvgIpc) is 3.00. The fourth-order valence-corrected chi connectivity index (χ4v) is 3.45. The average molecular weight is 392 g/mol. The van der Waals surface area contributed by atoms with Crippen LogP contribution in [0.5, 0.6) is 0 Å². The molecule has 132 valence electrons. The van der Waals surface area contributed by atoms with Gasteiger partial charge in [0.05, 0.1) is 6.20 Å². The second-order valence-electron chi connectivity index (χ2n) is 5.56. The second-order valence-corrected chi connectivity index (χ2v) is 6.59. The highest BCUT2D eigenvalue weighted by Gasteiger charge is 2.24. The SMILES string of the molecule is CC1CNCCC1NC(=O)c1cnc(-c2ccccc2F)s1.Cl.Cl. The van der Waals surface area contributed by atoms with Gasteiger partial charge in [0.2, 0.25) is 0 Å². The van der Waals surface area contributed by atoms with Gasteiger partial charge in [0.15, 0.2) is 0 Å². The number of thiazole rings is 1. The highest BCUT2D eigenvalue weighted by Crippen LogP contribution is 2.27. The van der Waals surface area contributed by atoms with Crippen molar-refractivity contribution in [2.45, 2.75) is 19.4 Å². The highest BCUT2D eigenvalue weighted by molar-refractivity contribution is 7.16. The molecule has 1 aliphatic heterocycles. The first-order valence-electron chi connectivity index (χ1n) is 7.37. The molecule has 1 saturated heterocycles.